The van der Waals surface area contributed by atoms with Gasteiger partial charge in [0, 0.05) is 36.5 Å². The van der Waals surface area contributed by atoms with Crippen molar-refractivity contribution in [3.8, 4) is 11.1 Å². The highest BCUT2D eigenvalue weighted by atomic mass is 35.5. The third-order valence-electron chi connectivity index (χ3n) is 5.17. The third kappa shape index (κ3) is 4.86. The van der Waals surface area contributed by atoms with Crippen LogP contribution in [0.1, 0.15) is 24.8 Å². The van der Waals surface area contributed by atoms with E-state index >= 15 is 0 Å². The lowest BCUT2D eigenvalue weighted by Gasteiger charge is -2.23. The van der Waals surface area contributed by atoms with Crippen molar-refractivity contribution in [1.82, 2.24) is 20.2 Å². The normalized spacial score (nSPS) is 16.4. The molecular weight excluding hydrogens is 408 g/mol. The van der Waals surface area contributed by atoms with Crippen molar-refractivity contribution in [2.45, 2.75) is 38.8 Å². The summed E-state index contributed by atoms with van der Waals surface area (Å²) in [5.41, 5.74) is 3.01. The summed E-state index contributed by atoms with van der Waals surface area (Å²) in [4.78, 5) is 30.5. The number of thiophene rings is 1. The number of halogens is 1. The SMILES string of the molecule is Cc1ccc(-c2csc3ncn(CCC(=O)NC4CCCNC4)c(=O)c23)cc1.Cl. The fourth-order valence-electron chi connectivity index (χ4n) is 3.57. The summed E-state index contributed by atoms with van der Waals surface area (Å²) in [6.07, 6.45) is 3.90. The van der Waals surface area contributed by atoms with Crippen LogP contribution in [0.25, 0.3) is 21.3 Å². The Kier molecular flexibility index (Phi) is 7.05. The molecule has 6 nitrogen and oxygen atoms in total. The molecule has 0 spiro atoms. The van der Waals surface area contributed by atoms with E-state index in [4.69, 9.17) is 0 Å². The number of rotatable bonds is 5. The molecule has 1 aliphatic rings. The van der Waals surface area contributed by atoms with E-state index in [1.54, 1.807) is 10.9 Å². The molecule has 1 amide bonds. The minimum atomic E-state index is -0.0889. The Morgan fingerprint density at radius 1 is 1.34 bits per heavy atom. The quantitative estimate of drug-likeness (QED) is 0.649. The van der Waals surface area contributed by atoms with Gasteiger partial charge in [-0.05, 0) is 31.9 Å². The highest BCUT2D eigenvalue weighted by Crippen LogP contribution is 2.30. The number of hydrogen-bond acceptors (Lipinski definition) is 5. The molecule has 1 unspecified atom stereocenters. The molecule has 1 aromatic carbocycles. The average molecular weight is 433 g/mol. The minimum Gasteiger partial charge on any atom is -0.352 e. The maximum absolute atomic E-state index is 13.0. The largest absolute Gasteiger partial charge is 0.352 e. The Morgan fingerprint density at radius 2 is 2.14 bits per heavy atom. The molecule has 29 heavy (non-hydrogen) atoms. The van der Waals surface area contributed by atoms with Crippen LogP contribution in [0.15, 0.2) is 40.8 Å². The second-order valence-electron chi connectivity index (χ2n) is 7.30. The van der Waals surface area contributed by atoms with Crippen molar-refractivity contribution in [2.75, 3.05) is 13.1 Å². The fraction of sp³-hybridized carbons (Fsp3) is 0.381. The van der Waals surface area contributed by atoms with Gasteiger partial charge < -0.3 is 10.6 Å². The van der Waals surface area contributed by atoms with E-state index in [0.29, 0.717) is 11.9 Å². The number of hydrogen-bond donors (Lipinski definition) is 2. The van der Waals surface area contributed by atoms with E-state index in [1.807, 2.05) is 36.6 Å². The molecule has 8 heteroatoms. The molecule has 1 atom stereocenters. The number of piperidine rings is 1. The molecule has 0 saturated carbocycles. The van der Waals surface area contributed by atoms with Crippen LogP contribution in [0.4, 0.5) is 0 Å². The third-order valence-corrected chi connectivity index (χ3v) is 6.05. The summed E-state index contributed by atoms with van der Waals surface area (Å²) in [5, 5.41) is 8.95. The molecule has 1 fully saturated rings. The van der Waals surface area contributed by atoms with Gasteiger partial charge in [-0.3, -0.25) is 14.2 Å². The Morgan fingerprint density at radius 3 is 2.86 bits per heavy atom. The smallest absolute Gasteiger partial charge is 0.262 e. The van der Waals surface area contributed by atoms with Crippen molar-refractivity contribution in [2.24, 2.45) is 0 Å². The van der Waals surface area contributed by atoms with Crippen LogP contribution < -0.4 is 16.2 Å². The number of carbonyl (C=O) groups excluding carboxylic acids is 1. The molecule has 154 valence electrons. The predicted octanol–water partition coefficient (Wildman–Crippen LogP) is 3.11. The molecule has 1 saturated heterocycles. The number of nitrogens with zero attached hydrogens (tertiary/aromatic N) is 2. The van der Waals surface area contributed by atoms with Gasteiger partial charge in [-0.15, -0.1) is 23.7 Å². The lowest BCUT2D eigenvalue weighted by molar-refractivity contribution is -0.122. The Balaban J connectivity index is 0.00000240. The molecule has 2 aromatic heterocycles. The van der Waals surface area contributed by atoms with E-state index in [0.717, 1.165) is 41.9 Å². The molecule has 0 bridgehead atoms. The lowest BCUT2D eigenvalue weighted by Crippen LogP contribution is -2.45. The number of nitrogens with one attached hydrogen (secondary N) is 2. The highest BCUT2D eigenvalue weighted by molar-refractivity contribution is 7.17. The zero-order chi connectivity index (χ0) is 19.5. The van der Waals surface area contributed by atoms with Gasteiger partial charge in [0.15, 0.2) is 0 Å². The van der Waals surface area contributed by atoms with Gasteiger partial charge >= 0.3 is 0 Å². The maximum Gasteiger partial charge on any atom is 0.262 e. The first-order valence-corrected chi connectivity index (χ1v) is 10.5. The second-order valence-corrected chi connectivity index (χ2v) is 8.16. The molecule has 4 rings (SSSR count). The molecule has 3 aromatic rings. The summed E-state index contributed by atoms with van der Waals surface area (Å²) in [6.45, 7) is 4.20. The Labute approximate surface area is 179 Å². The van der Waals surface area contributed by atoms with Crippen molar-refractivity contribution in [3.05, 3.63) is 51.9 Å². The van der Waals surface area contributed by atoms with E-state index in [2.05, 4.69) is 15.6 Å². The summed E-state index contributed by atoms with van der Waals surface area (Å²) in [7, 11) is 0. The molecule has 2 N–H and O–H groups in total. The van der Waals surface area contributed by atoms with Crippen molar-refractivity contribution in [3.63, 3.8) is 0 Å². The van der Waals surface area contributed by atoms with Gasteiger partial charge in [0.25, 0.3) is 5.56 Å². The number of benzene rings is 1. The van der Waals surface area contributed by atoms with Crippen molar-refractivity contribution >= 4 is 39.9 Å². The van der Waals surface area contributed by atoms with Crippen LogP contribution in [-0.4, -0.2) is 34.6 Å². The van der Waals surface area contributed by atoms with Crippen LogP contribution in [0.2, 0.25) is 0 Å². The van der Waals surface area contributed by atoms with Crippen LogP contribution in [-0.2, 0) is 11.3 Å². The van der Waals surface area contributed by atoms with Crippen molar-refractivity contribution in [1.29, 1.82) is 0 Å². The lowest BCUT2D eigenvalue weighted by atomic mass is 10.1. The number of carbonyl (C=O) groups is 1. The maximum atomic E-state index is 13.0. The standard InChI is InChI=1S/C21H24N4O2S.ClH/c1-14-4-6-15(7-5-14)17-12-28-20-19(17)21(27)25(13-23-20)10-8-18(26)24-16-3-2-9-22-11-16;/h4-7,12-13,16,22H,2-3,8-11H2,1H3,(H,24,26);1H. The first-order valence-electron chi connectivity index (χ1n) is 9.65. The topological polar surface area (TPSA) is 76.0 Å². The van der Waals surface area contributed by atoms with Gasteiger partial charge in [-0.1, -0.05) is 29.8 Å². The van der Waals surface area contributed by atoms with Crippen molar-refractivity contribution < 1.29 is 4.79 Å². The van der Waals surface area contributed by atoms with E-state index < -0.39 is 0 Å². The van der Waals surface area contributed by atoms with Gasteiger partial charge in [-0.2, -0.15) is 0 Å². The zero-order valence-corrected chi connectivity index (χ0v) is 17.9. The van der Waals surface area contributed by atoms with E-state index in [-0.39, 0.29) is 36.3 Å². The molecule has 3 heterocycles. The second kappa shape index (κ2) is 9.52. The van der Waals surface area contributed by atoms with Gasteiger partial charge in [0.1, 0.15) is 4.83 Å². The Bertz CT molecular complexity index is 1040. The Hall–Kier alpha value is -2.22. The van der Waals surface area contributed by atoms with Gasteiger partial charge in [0.2, 0.25) is 5.91 Å². The number of aromatic nitrogens is 2. The zero-order valence-electron chi connectivity index (χ0n) is 16.3. The van der Waals surface area contributed by atoms with E-state index in [9.17, 15) is 9.59 Å². The summed E-state index contributed by atoms with van der Waals surface area (Å²) < 4.78 is 1.55. The number of aryl methyl sites for hydroxylation is 2. The fourth-order valence-corrected chi connectivity index (χ4v) is 4.48. The molecular formula is C21H25ClN4O2S. The molecule has 1 aliphatic heterocycles. The van der Waals surface area contributed by atoms with Crippen LogP contribution in [0.3, 0.4) is 0 Å². The number of amides is 1. The summed E-state index contributed by atoms with van der Waals surface area (Å²) in [5.74, 6) is -0.0234. The van der Waals surface area contributed by atoms with Crippen LogP contribution >= 0.6 is 23.7 Å². The minimum absolute atomic E-state index is 0. The average Bonchev–Trinajstić information content (AvgIpc) is 3.14. The van der Waals surface area contributed by atoms with Gasteiger partial charge in [0.05, 0.1) is 11.7 Å². The first kappa shape index (κ1) is 21.5. The predicted molar refractivity (Wildman–Crippen MR) is 120 cm³/mol. The first-order chi connectivity index (χ1) is 13.6. The summed E-state index contributed by atoms with van der Waals surface area (Å²) >= 11 is 1.47. The van der Waals surface area contributed by atoms with E-state index in [1.165, 1.54) is 16.9 Å². The van der Waals surface area contributed by atoms with Crippen LogP contribution in [0.5, 0.6) is 0 Å². The summed E-state index contributed by atoms with van der Waals surface area (Å²) in [6, 6.07) is 8.32. The van der Waals surface area contributed by atoms with Gasteiger partial charge in [-0.25, -0.2) is 4.98 Å². The molecule has 0 aliphatic carbocycles. The van der Waals surface area contributed by atoms with Crippen LogP contribution in [0, 0.1) is 6.92 Å². The number of fused-ring (bicyclic) bond motifs is 1. The molecule has 0 radical (unpaired) electrons. The highest BCUT2D eigenvalue weighted by Gasteiger charge is 2.16. The monoisotopic (exact) mass is 432 g/mol.